The summed E-state index contributed by atoms with van der Waals surface area (Å²) >= 11 is 0. The highest BCUT2D eigenvalue weighted by molar-refractivity contribution is 5.08. The Hall–Kier alpha value is -1.09. The molecular formula is C12H20N2O. The molecule has 15 heavy (non-hydrogen) atoms. The van der Waals surface area contributed by atoms with Crippen molar-refractivity contribution in [1.82, 2.24) is 9.88 Å². The molecule has 0 aliphatic rings. The van der Waals surface area contributed by atoms with Crippen LogP contribution in [0.2, 0.25) is 0 Å². The van der Waals surface area contributed by atoms with Crippen LogP contribution in [0.5, 0.6) is 5.88 Å². The molecule has 1 heterocycles. The zero-order chi connectivity index (χ0) is 10.9. The number of aromatic nitrogens is 1. The van der Waals surface area contributed by atoms with Crippen molar-refractivity contribution in [1.29, 1.82) is 0 Å². The lowest BCUT2D eigenvalue weighted by molar-refractivity contribution is 0.257. The summed E-state index contributed by atoms with van der Waals surface area (Å²) in [6.07, 6.45) is 4.00. The molecule has 84 valence electrons. The fourth-order valence-electron chi connectivity index (χ4n) is 1.44. The summed E-state index contributed by atoms with van der Waals surface area (Å²) < 4.78 is 5.50. The molecule has 1 aromatic heterocycles. The van der Waals surface area contributed by atoms with Gasteiger partial charge in [0.05, 0.1) is 6.61 Å². The summed E-state index contributed by atoms with van der Waals surface area (Å²) in [5, 5.41) is 0. The number of hydrogen-bond acceptors (Lipinski definition) is 3. The molecule has 0 fully saturated rings. The second-order valence-corrected chi connectivity index (χ2v) is 3.67. The van der Waals surface area contributed by atoms with Gasteiger partial charge in [-0.2, -0.15) is 0 Å². The minimum absolute atomic E-state index is 0.718. The Bertz CT molecular complexity index is 251. The van der Waals surface area contributed by atoms with Crippen molar-refractivity contribution in [3.05, 3.63) is 24.4 Å². The van der Waals surface area contributed by atoms with Gasteiger partial charge in [-0.05, 0) is 32.5 Å². The molecule has 0 N–H and O–H groups in total. The molecule has 0 aliphatic carbocycles. The van der Waals surface area contributed by atoms with Gasteiger partial charge in [0, 0.05) is 18.8 Å². The van der Waals surface area contributed by atoms with Crippen molar-refractivity contribution in [2.45, 2.75) is 19.8 Å². The van der Waals surface area contributed by atoms with Gasteiger partial charge in [0.2, 0.25) is 5.88 Å². The Labute approximate surface area is 92.1 Å². The molecule has 0 aromatic carbocycles. The van der Waals surface area contributed by atoms with Crippen molar-refractivity contribution >= 4 is 0 Å². The van der Waals surface area contributed by atoms with Gasteiger partial charge in [-0.25, -0.2) is 4.98 Å². The molecule has 0 bridgehead atoms. The van der Waals surface area contributed by atoms with E-state index in [0.717, 1.165) is 32.0 Å². The highest BCUT2D eigenvalue weighted by Gasteiger charge is 1.97. The van der Waals surface area contributed by atoms with E-state index in [4.69, 9.17) is 4.74 Å². The first kappa shape index (κ1) is 12.0. The first-order valence-electron chi connectivity index (χ1n) is 5.55. The summed E-state index contributed by atoms with van der Waals surface area (Å²) in [4.78, 5) is 6.42. The average Bonchev–Trinajstić information content (AvgIpc) is 2.26. The van der Waals surface area contributed by atoms with E-state index in [9.17, 15) is 0 Å². The van der Waals surface area contributed by atoms with E-state index in [1.807, 2.05) is 18.2 Å². The van der Waals surface area contributed by atoms with Crippen molar-refractivity contribution in [3.8, 4) is 5.88 Å². The Morgan fingerprint density at radius 3 is 2.87 bits per heavy atom. The van der Waals surface area contributed by atoms with Gasteiger partial charge in [0.1, 0.15) is 0 Å². The SMILES string of the molecule is CCCN(C)CCCOc1ccccn1. The van der Waals surface area contributed by atoms with Crippen LogP contribution in [0.1, 0.15) is 19.8 Å². The average molecular weight is 208 g/mol. The first-order valence-corrected chi connectivity index (χ1v) is 5.55. The van der Waals surface area contributed by atoms with Crippen LogP contribution in [0.4, 0.5) is 0 Å². The van der Waals surface area contributed by atoms with Crippen LogP contribution in [0.25, 0.3) is 0 Å². The van der Waals surface area contributed by atoms with Crippen LogP contribution in [-0.2, 0) is 0 Å². The topological polar surface area (TPSA) is 25.4 Å². The summed E-state index contributed by atoms with van der Waals surface area (Å²) in [6.45, 7) is 5.18. The smallest absolute Gasteiger partial charge is 0.213 e. The Morgan fingerprint density at radius 2 is 2.20 bits per heavy atom. The predicted molar refractivity (Wildman–Crippen MR) is 62.1 cm³/mol. The maximum Gasteiger partial charge on any atom is 0.213 e. The molecule has 0 amide bonds. The maximum atomic E-state index is 5.50. The van der Waals surface area contributed by atoms with Gasteiger partial charge in [-0.1, -0.05) is 13.0 Å². The summed E-state index contributed by atoms with van der Waals surface area (Å²) in [7, 11) is 2.14. The number of hydrogen-bond donors (Lipinski definition) is 0. The number of rotatable bonds is 7. The molecule has 0 saturated heterocycles. The minimum Gasteiger partial charge on any atom is -0.478 e. The third kappa shape index (κ3) is 5.37. The molecule has 0 spiro atoms. The fourth-order valence-corrected chi connectivity index (χ4v) is 1.44. The molecule has 0 saturated carbocycles. The monoisotopic (exact) mass is 208 g/mol. The summed E-state index contributed by atoms with van der Waals surface area (Å²) in [5.74, 6) is 0.718. The lowest BCUT2D eigenvalue weighted by Crippen LogP contribution is -2.21. The largest absolute Gasteiger partial charge is 0.478 e. The molecule has 3 nitrogen and oxygen atoms in total. The van der Waals surface area contributed by atoms with Gasteiger partial charge in [-0.3, -0.25) is 0 Å². The molecule has 1 aromatic rings. The van der Waals surface area contributed by atoms with E-state index >= 15 is 0 Å². The normalized spacial score (nSPS) is 10.6. The van der Waals surface area contributed by atoms with Crippen LogP contribution < -0.4 is 4.74 Å². The Morgan fingerprint density at radius 1 is 1.33 bits per heavy atom. The van der Waals surface area contributed by atoms with E-state index in [-0.39, 0.29) is 0 Å². The molecule has 1 rings (SSSR count). The van der Waals surface area contributed by atoms with E-state index in [1.165, 1.54) is 6.42 Å². The first-order chi connectivity index (χ1) is 7.33. The number of pyridine rings is 1. The number of nitrogens with zero attached hydrogens (tertiary/aromatic N) is 2. The van der Waals surface area contributed by atoms with E-state index in [2.05, 4.69) is 23.9 Å². The zero-order valence-electron chi connectivity index (χ0n) is 9.65. The maximum absolute atomic E-state index is 5.50. The van der Waals surface area contributed by atoms with Gasteiger partial charge in [0.25, 0.3) is 0 Å². The van der Waals surface area contributed by atoms with Gasteiger partial charge >= 0.3 is 0 Å². The standard InChI is InChI=1S/C12H20N2O/c1-3-9-14(2)10-6-11-15-12-7-4-5-8-13-12/h4-5,7-8H,3,6,9-11H2,1-2H3. The van der Waals surface area contributed by atoms with Crippen molar-refractivity contribution in [2.75, 3.05) is 26.7 Å². The highest BCUT2D eigenvalue weighted by Crippen LogP contribution is 2.03. The second kappa shape index (κ2) is 7.23. The van der Waals surface area contributed by atoms with Crippen LogP contribution in [0, 0.1) is 0 Å². The Balaban J connectivity index is 2.07. The minimum atomic E-state index is 0.718. The third-order valence-electron chi connectivity index (χ3n) is 2.18. The van der Waals surface area contributed by atoms with E-state index in [1.54, 1.807) is 6.20 Å². The quantitative estimate of drug-likeness (QED) is 0.642. The summed E-state index contributed by atoms with van der Waals surface area (Å²) in [5.41, 5.74) is 0. The van der Waals surface area contributed by atoms with Gasteiger partial charge in [-0.15, -0.1) is 0 Å². The zero-order valence-corrected chi connectivity index (χ0v) is 9.65. The van der Waals surface area contributed by atoms with Crippen LogP contribution in [0.3, 0.4) is 0 Å². The number of ether oxygens (including phenoxy) is 1. The van der Waals surface area contributed by atoms with E-state index < -0.39 is 0 Å². The van der Waals surface area contributed by atoms with Crippen molar-refractivity contribution < 1.29 is 4.74 Å². The molecule has 0 aliphatic heterocycles. The van der Waals surface area contributed by atoms with Crippen LogP contribution in [0.15, 0.2) is 24.4 Å². The van der Waals surface area contributed by atoms with Crippen LogP contribution in [-0.4, -0.2) is 36.6 Å². The molecular weight excluding hydrogens is 188 g/mol. The van der Waals surface area contributed by atoms with Crippen molar-refractivity contribution in [3.63, 3.8) is 0 Å². The van der Waals surface area contributed by atoms with Gasteiger partial charge in [0.15, 0.2) is 0 Å². The second-order valence-electron chi connectivity index (χ2n) is 3.67. The molecule has 0 unspecified atom stereocenters. The van der Waals surface area contributed by atoms with Crippen molar-refractivity contribution in [2.24, 2.45) is 0 Å². The highest BCUT2D eigenvalue weighted by atomic mass is 16.5. The third-order valence-corrected chi connectivity index (χ3v) is 2.18. The fraction of sp³-hybridized carbons (Fsp3) is 0.583. The lowest BCUT2D eigenvalue weighted by Gasteiger charge is -2.14. The summed E-state index contributed by atoms with van der Waals surface area (Å²) in [6, 6.07) is 5.71. The van der Waals surface area contributed by atoms with Crippen LogP contribution >= 0.6 is 0 Å². The lowest BCUT2D eigenvalue weighted by atomic mass is 10.4. The van der Waals surface area contributed by atoms with Gasteiger partial charge < -0.3 is 9.64 Å². The predicted octanol–water partition coefficient (Wildman–Crippen LogP) is 2.19. The molecule has 0 radical (unpaired) electrons. The molecule has 0 atom stereocenters. The Kier molecular flexibility index (Phi) is 5.78. The van der Waals surface area contributed by atoms with E-state index in [0.29, 0.717) is 0 Å². The molecule has 3 heteroatoms.